The minimum absolute atomic E-state index is 0.0314. The molecule has 3 aromatic rings. The van der Waals surface area contributed by atoms with Gasteiger partial charge in [0.05, 0.1) is 39.8 Å². The maximum atomic E-state index is 15.1. The molecule has 2 atom stereocenters. The molecule has 7 rings (SSSR count). The highest BCUT2D eigenvalue weighted by Crippen LogP contribution is 2.49. The number of benzene rings is 1. The quantitative estimate of drug-likeness (QED) is 0.221. The van der Waals surface area contributed by atoms with Crippen molar-refractivity contribution in [2.75, 3.05) is 12.9 Å². The van der Waals surface area contributed by atoms with Crippen LogP contribution in [0.1, 0.15) is 78.5 Å². The van der Waals surface area contributed by atoms with E-state index >= 15 is 4.39 Å². The second-order valence-corrected chi connectivity index (χ2v) is 14.8. The predicted octanol–water partition coefficient (Wildman–Crippen LogP) is 5.17. The van der Waals surface area contributed by atoms with Crippen LogP contribution in [0.15, 0.2) is 16.9 Å². The zero-order chi connectivity index (χ0) is 30.3. The summed E-state index contributed by atoms with van der Waals surface area (Å²) in [4.78, 5) is 44.4. The largest absolute Gasteiger partial charge is 0.458 e. The van der Waals surface area contributed by atoms with Crippen LogP contribution in [0.2, 0.25) is 0 Å². The van der Waals surface area contributed by atoms with E-state index < -0.39 is 23.7 Å². The molecule has 43 heavy (non-hydrogen) atoms. The van der Waals surface area contributed by atoms with Gasteiger partial charge < -0.3 is 24.5 Å². The van der Waals surface area contributed by atoms with Crippen LogP contribution in [0.3, 0.4) is 0 Å². The van der Waals surface area contributed by atoms with Gasteiger partial charge in [-0.2, -0.15) is 0 Å². The van der Waals surface area contributed by atoms with Crippen LogP contribution in [0.25, 0.3) is 22.3 Å². The van der Waals surface area contributed by atoms with E-state index in [0.29, 0.717) is 41.9 Å². The number of halogens is 1. The molecule has 12 heteroatoms. The molecular weight excluding hydrogens is 593 g/mol. The SMILES string of the molecule is CC[C@@]1(O)C(=O)OCc2c1cc1n(c2=O)Cc2c-1nc1cc(F)c(C)c3c1c2[C@@H](NC(=O)OCC1(SSC)CCC1)CC3. The van der Waals surface area contributed by atoms with E-state index in [4.69, 9.17) is 14.5 Å². The average Bonchev–Trinajstić information content (AvgIpc) is 3.34. The molecule has 0 unspecified atom stereocenters. The van der Waals surface area contributed by atoms with Gasteiger partial charge in [-0.15, -0.1) is 0 Å². The Morgan fingerprint density at radius 3 is 2.77 bits per heavy atom. The molecule has 2 aliphatic carbocycles. The number of nitrogens with one attached hydrogen (secondary N) is 1. The molecule has 0 bridgehead atoms. The summed E-state index contributed by atoms with van der Waals surface area (Å²) in [6.07, 6.45) is 5.76. The third-order valence-electron chi connectivity index (χ3n) is 9.66. The smallest absolute Gasteiger partial charge is 0.407 e. The standard InChI is InChI=1S/C31H32FN3O6S2/c1-4-31(39)19-10-23-26-17(12-35(23)27(36)18(19)13-40-28(31)37)25-21(34-29(38)41-14-30(43-42-3)8-5-9-30)7-6-16-15(2)20(32)11-22(33-26)24(16)25/h10-11,21,39H,4-9,12-14H2,1-3H3,(H,34,38)/t21-,31-/m0/s1. The number of carbonyl (C=O) groups excluding carboxylic acids is 2. The highest BCUT2D eigenvalue weighted by atomic mass is 33.1. The number of hydrogen-bond donors (Lipinski definition) is 2. The van der Waals surface area contributed by atoms with Crippen LogP contribution >= 0.6 is 21.6 Å². The summed E-state index contributed by atoms with van der Waals surface area (Å²) < 4.78 is 27.6. The number of esters is 1. The number of aromatic nitrogens is 2. The van der Waals surface area contributed by atoms with Gasteiger partial charge in [-0.25, -0.2) is 19.0 Å². The van der Waals surface area contributed by atoms with E-state index in [9.17, 15) is 19.5 Å². The van der Waals surface area contributed by atoms with Crippen molar-refractivity contribution in [2.24, 2.45) is 0 Å². The summed E-state index contributed by atoms with van der Waals surface area (Å²) in [5, 5.41) is 15.1. The fourth-order valence-electron chi connectivity index (χ4n) is 7.08. The van der Waals surface area contributed by atoms with Gasteiger partial charge in [0, 0.05) is 22.6 Å². The minimum Gasteiger partial charge on any atom is -0.458 e. The zero-order valence-electron chi connectivity index (χ0n) is 24.2. The van der Waals surface area contributed by atoms with Crippen molar-refractivity contribution in [3.05, 3.63) is 61.7 Å². The van der Waals surface area contributed by atoms with Crippen molar-refractivity contribution >= 4 is 44.6 Å². The molecule has 2 aromatic heterocycles. The molecule has 0 saturated heterocycles. The first kappa shape index (κ1) is 28.7. The van der Waals surface area contributed by atoms with Crippen molar-refractivity contribution in [1.82, 2.24) is 14.9 Å². The van der Waals surface area contributed by atoms with Gasteiger partial charge >= 0.3 is 12.1 Å². The summed E-state index contributed by atoms with van der Waals surface area (Å²) in [6, 6.07) is 2.61. The molecule has 4 aliphatic rings. The monoisotopic (exact) mass is 625 g/mol. The molecule has 2 N–H and O–H groups in total. The van der Waals surface area contributed by atoms with Crippen LogP contribution in [0.5, 0.6) is 0 Å². The number of aryl methyl sites for hydroxylation is 1. The number of pyridine rings is 2. The van der Waals surface area contributed by atoms with Crippen molar-refractivity contribution < 1.29 is 28.6 Å². The van der Waals surface area contributed by atoms with E-state index in [1.165, 1.54) is 6.07 Å². The van der Waals surface area contributed by atoms with Gasteiger partial charge in [-0.3, -0.25) is 4.79 Å². The molecule has 1 fully saturated rings. The molecule has 1 saturated carbocycles. The van der Waals surface area contributed by atoms with E-state index in [-0.39, 0.29) is 46.8 Å². The van der Waals surface area contributed by atoms with Crippen LogP contribution < -0.4 is 10.9 Å². The second-order valence-electron chi connectivity index (χ2n) is 11.9. The first-order chi connectivity index (χ1) is 20.6. The van der Waals surface area contributed by atoms with Crippen molar-refractivity contribution in [3.8, 4) is 11.4 Å². The minimum atomic E-state index is -1.95. The zero-order valence-corrected chi connectivity index (χ0v) is 25.8. The number of fused-ring (bicyclic) bond motifs is 5. The summed E-state index contributed by atoms with van der Waals surface area (Å²) in [6.45, 7) is 3.69. The van der Waals surface area contributed by atoms with Gasteiger partial charge in [0.15, 0.2) is 5.60 Å². The van der Waals surface area contributed by atoms with Crippen LogP contribution in [0, 0.1) is 12.7 Å². The molecule has 0 spiro atoms. The first-order valence-electron chi connectivity index (χ1n) is 14.6. The third-order valence-corrected chi connectivity index (χ3v) is 12.3. The Balaban J connectivity index is 1.34. The van der Waals surface area contributed by atoms with Gasteiger partial charge in [0.25, 0.3) is 5.56 Å². The number of alkyl carbamates (subject to hydrolysis) is 1. The summed E-state index contributed by atoms with van der Waals surface area (Å²) in [7, 11) is 3.43. The fraction of sp³-hybridized carbons (Fsp3) is 0.484. The predicted molar refractivity (Wildman–Crippen MR) is 162 cm³/mol. The number of hydrogen-bond acceptors (Lipinski definition) is 9. The molecule has 1 aromatic carbocycles. The maximum absolute atomic E-state index is 15.1. The summed E-state index contributed by atoms with van der Waals surface area (Å²) >= 11 is 0. The van der Waals surface area contributed by atoms with Gasteiger partial charge in [0.2, 0.25) is 0 Å². The van der Waals surface area contributed by atoms with Crippen LogP contribution in [0.4, 0.5) is 9.18 Å². The maximum Gasteiger partial charge on any atom is 0.407 e. The Hall–Kier alpha value is -3.09. The highest BCUT2D eigenvalue weighted by Gasteiger charge is 2.46. The number of ether oxygens (including phenoxy) is 2. The Morgan fingerprint density at radius 1 is 1.28 bits per heavy atom. The molecular formula is C31H32FN3O6S2. The fourth-order valence-corrected chi connectivity index (χ4v) is 9.70. The van der Waals surface area contributed by atoms with E-state index in [1.807, 2.05) is 6.26 Å². The molecule has 0 radical (unpaired) electrons. The summed E-state index contributed by atoms with van der Waals surface area (Å²) in [5.74, 6) is -1.16. The van der Waals surface area contributed by atoms with Crippen LogP contribution in [-0.2, 0) is 39.4 Å². The topological polar surface area (TPSA) is 120 Å². The van der Waals surface area contributed by atoms with Crippen molar-refractivity contribution in [2.45, 2.75) is 81.9 Å². The summed E-state index contributed by atoms with van der Waals surface area (Å²) in [5.41, 5.74) is 2.41. The van der Waals surface area contributed by atoms with Crippen molar-refractivity contribution in [3.63, 3.8) is 0 Å². The molecule has 9 nitrogen and oxygen atoms in total. The van der Waals surface area contributed by atoms with Crippen LogP contribution in [-0.4, -0.2) is 44.3 Å². The Labute approximate surface area is 255 Å². The second kappa shape index (κ2) is 10.2. The normalized spacial score (nSPS) is 22.7. The number of cyclic esters (lactones) is 1. The Kier molecular flexibility index (Phi) is 6.82. The lowest BCUT2D eigenvalue weighted by atomic mass is 9.81. The number of rotatable bonds is 6. The highest BCUT2D eigenvalue weighted by molar-refractivity contribution is 8.77. The average molecular weight is 626 g/mol. The molecule has 1 amide bonds. The Bertz CT molecular complexity index is 1790. The van der Waals surface area contributed by atoms with Gasteiger partial charge in [-0.05, 0) is 68.0 Å². The lowest BCUT2D eigenvalue weighted by molar-refractivity contribution is -0.172. The number of nitrogens with zero attached hydrogens (tertiary/aromatic N) is 2. The number of carbonyl (C=O) groups is 2. The third kappa shape index (κ3) is 4.23. The molecule has 226 valence electrons. The first-order valence-corrected chi connectivity index (χ1v) is 17.1. The number of amides is 1. The number of aliphatic hydroxyl groups is 1. The lowest BCUT2D eigenvalue weighted by Gasteiger charge is -2.39. The Morgan fingerprint density at radius 2 is 2.07 bits per heavy atom. The van der Waals surface area contributed by atoms with Crippen molar-refractivity contribution in [1.29, 1.82) is 0 Å². The lowest BCUT2D eigenvalue weighted by Crippen LogP contribution is -2.44. The van der Waals surface area contributed by atoms with Gasteiger partial charge in [-0.1, -0.05) is 34.9 Å². The van der Waals surface area contributed by atoms with E-state index in [1.54, 1.807) is 46.1 Å². The molecule has 2 aliphatic heterocycles. The van der Waals surface area contributed by atoms with E-state index in [2.05, 4.69) is 5.32 Å². The molecule has 4 heterocycles. The van der Waals surface area contributed by atoms with E-state index in [0.717, 1.165) is 41.3 Å². The van der Waals surface area contributed by atoms with Gasteiger partial charge in [0.1, 0.15) is 19.0 Å².